The van der Waals surface area contributed by atoms with Gasteiger partial charge in [-0.3, -0.25) is 9.98 Å². The zero-order valence-corrected chi connectivity index (χ0v) is 11.1. The second-order valence-electron chi connectivity index (χ2n) is 5.81. The molecule has 2 fully saturated rings. The third kappa shape index (κ3) is 1.81. The summed E-state index contributed by atoms with van der Waals surface area (Å²) in [5.41, 5.74) is 1.34. The Hall–Kier alpha value is -1.58. The van der Waals surface area contributed by atoms with Gasteiger partial charge in [-0.2, -0.15) is 0 Å². The first-order valence-electron chi connectivity index (χ1n) is 7.43. The molecule has 4 heteroatoms. The number of nitrogens with one attached hydrogen (secondary N) is 1. The molecule has 0 bridgehead atoms. The first-order valence-corrected chi connectivity index (χ1v) is 7.43. The Morgan fingerprint density at radius 1 is 1.21 bits per heavy atom. The number of aromatic nitrogens is 1. The molecule has 3 heterocycles. The van der Waals surface area contributed by atoms with Crippen LogP contribution >= 0.6 is 0 Å². The van der Waals surface area contributed by atoms with Crippen molar-refractivity contribution in [3.05, 3.63) is 30.1 Å². The number of aliphatic imine (C=N–C) groups is 1. The molecule has 3 unspecified atom stereocenters. The molecule has 100 valence electrons. The fraction of sp³-hybridized carbons (Fsp3) is 0.600. The van der Waals surface area contributed by atoms with Crippen molar-refractivity contribution >= 4 is 5.96 Å². The van der Waals surface area contributed by atoms with Gasteiger partial charge in [-0.1, -0.05) is 18.9 Å². The van der Waals surface area contributed by atoms with Crippen molar-refractivity contribution in [3.8, 4) is 0 Å². The predicted molar refractivity (Wildman–Crippen MR) is 74.9 cm³/mol. The number of guanidine groups is 1. The van der Waals surface area contributed by atoms with E-state index in [1.54, 1.807) is 0 Å². The lowest BCUT2D eigenvalue weighted by Gasteiger charge is -2.38. The van der Waals surface area contributed by atoms with Gasteiger partial charge >= 0.3 is 0 Å². The van der Waals surface area contributed by atoms with Crippen LogP contribution < -0.4 is 5.32 Å². The molecule has 19 heavy (non-hydrogen) atoms. The largest absolute Gasteiger partial charge is 0.351 e. The molecule has 0 amide bonds. The zero-order chi connectivity index (χ0) is 12.7. The molecule has 3 atom stereocenters. The van der Waals surface area contributed by atoms with Gasteiger partial charge in [-0.25, -0.2) is 0 Å². The first kappa shape index (κ1) is 11.3. The van der Waals surface area contributed by atoms with Gasteiger partial charge in [0.15, 0.2) is 5.96 Å². The van der Waals surface area contributed by atoms with Gasteiger partial charge in [0.2, 0.25) is 0 Å². The summed E-state index contributed by atoms with van der Waals surface area (Å²) in [7, 11) is 0. The number of pyridine rings is 1. The smallest absolute Gasteiger partial charge is 0.195 e. The van der Waals surface area contributed by atoms with Crippen LogP contribution in [0.15, 0.2) is 29.5 Å². The SMILES string of the molecule is c1cncc(C2CCN=C3NC4CCCCC4N32)c1. The average molecular weight is 256 g/mol. The minimum atomic E-state index is 0.460. The number of fused-ring (bicyclic) bond motifs is 3. The molecular weight excluding hydrogens is 236 g/mol. The predicted octanol–water partition coefficient (Wildman–Crippen LogP) is 2.10. The van der Waals surface area contributed by atoms with E-state index in [4.69, 9.17) is 4.99 Å². The zero-order valence-electron chi connectivity index (χ0n) is 11.1. The highest BCUT2D eigenvalue weighted by molar-refractivity contribution is 5.84. The molecule has 3 aliphatic rings. The molecule has 1 aromatic heterocycles. The summed E-state index contributed by atoms with van der Waals surface area (Å²) in [5.74, 6) is 1.14. The van der Waals surface area contributed by atoms with Gasteiger partial charge in [0.1, 0.15) is 0 Å². The van der Waals surface area contributed by atoms with Crippen molar-refractivity contribution in [1.82, 2.24) is 15.2 Å². The second-order valence-corrected chi connectivity index (χ2v) is 5.81. The van der Waals surface area contributed by atoms with E-state index in [2.05, 4.69) is 21.3 Å². The molecule has 1 saturated carbocycles. The number of rotatable bonds is 1. The molecule has 4 rings (SSSR count). The molecular formula is C15H20N4. The highest BCUT2D eigenvalue weighted by Crippen LogP contribution is 2.37. The van der Waals surface area contributed by atoms with E-state index in [0.717, 1.165) is 18.9 Å². The van der Waals surface area contributed by atoms with Crippen LogP contribution in [-0.4, -0.2) is 34.5 Å². The first-order chi connectivity index (χ1) is 9.43. The Kier molecular flexibility index (Phi) is 2.67. The van der Waals surface area contributed by atoms with E-state index in [0.29, 0.717) is 18.1 Å². The fourth-order valence-corrected chi connectivity index (χ4v) is 3.85. The Labute approximate surface area is 113 Å². The topological polar surface area (TPSA) is 40.5 Å². The van der Waals surface area contributed by atoms with Crippen molar-refractivity contribution in [2.24, 2.45) is 4.99 Å². The van der Waals surface area contributed by atoms with Crippen LogP contribution in [0.3, 0.4) is 0 Å². The van der Waals surface area contributed by atoms with Crippen LogP contribution in [0.4, 0.5) is 0 Å². The van der Waals surface area contributed by atoms with Crippen LogP contribution in [0.25, 0.3) is 0 Å². The van der Waals surface area contributed by atoms with Crippen molar-refractivity contribution in [1.29, 1.82) is 0 Å². The fourth-order valence-electron chi connectivity index (χ4n) is 3.85. The monoisotopic (exact) mass is 256 g/mol. The number of nitrogens with zero attached hydrogens (tertiary/aromatic N) is 3. The summed E-state index contributed by atoms with van der Waals surface area (Å²) < 4.78 is 0. The Morgan fingerprint density at radius 3 is 3.05 bits per heavy atom. The molecule has 1 N–H and O–H groups in total. The molecule has 1 aliphatic carbocycles. The molecule has 0 radical (unpaired) electrons. The normalized spacial score (nSPS) is 33.2. The second kappa shape index (κ2) is 4.51. The van der Waals surface area contributed by atoms with E-state index >= 15 is 0 Å². The lowest BCUT2D eigenvalue weighted by Crippen LogP contribution is -2.43. The van der Waals surface area contributed by atoms with Gasteiger partial charge in [-0.05, 0) is 30.9 Å². The van der Waals surface area contributed by atoms with E-state index in [1.807, 2.05) is 18.5 Å². The van der Waals surface area contributed by atoms with Crippen molar-refractivity contribution in [3.63, 3.8) is 0 Å². The lowest BCUT2D eigenvalue weighted by molar-refractivity contribution is 0.188. The van der Waals surface area contributed by atoms with Gasteiger partial charge < -0.3 is 10.2 Å². The Balaban J connectivity index is 1.68. The minimum Gasteiger partial charge on any atom is -0.351 e. The molecule has 2 aliphatic heterocycles. The van der Waals surface area contributed by atoms with Gasteiger partial charge in [-0.15, -0.1) is 0 Å². The summed E-state index contributed by atoms with van der Waals surface area (Å²) >= 11 is 0. The maximum absolute atomic E-state index is 4.70. The van der Waals surface area contributed by atoms with Crippen LogP contribution in [0.2, 0.25) is 0 Å². The molecule has 0 spiro atoms. The van der Waals surface area contributed by atoms with Gasteiger partial charge in [0.05, 0.1) is 12.1 Å². The van der Waals surface area contributed by atoms with Crippen LogP contribution in [0.1, 0.15) is 43.7 Å². The summed E-state index contributed by atoms with van der Waals surface area (Å²) in [6.07, 6.45) is 10.3. The maximum Gasteiger partial charge on any atom is 0.195 e. The van der Waals surface area contributed by atoms with Crippen molar-refractivity contribution in [2.45, 2.75) is 50.2 Å². The van der Waals surface area contributed by atoms with Crippen molar-refractivity contribution in [2.75, 3.05) is 6.54 Å². The van der Waals surface area contributed by atoms with Crippen LogP contribution in [0.5, 0.6) is 0 Å². The third-order valence-corrected chi connectivity index (χ3v) is 4.71. The van der Waals surface area contributed by atoms with Gasteiger partial charge in [0, 0.05) is 25.0 Å². The molecule has 1 saturated heterocycles. The van der Waals surface area contributed by atoms with E-state index < -0.39 is 0 Å². The van der Waals surface area contributed by atoms with E-state index in [1.165, 1.54) is 31.2 Å². The summed E-state index contributed by atoms with van der Waals surface area (Å²) in [6, 6.07) is 5.96. The highest BCUT2D eigenvalue weighted by atomic mass is 15.4. The number of hydrogen-bond acceptors (Lipinski definition) is 4. The maximum atomic E-state index is 4.70. The quantitative estimate of drug-likeness (QED) is 0.836. The van der Waals surface area contributed by atoms with Crippen LogP contribution in [0, 0.1) is 0 Å². The van der Waals surface area contributed by atoms with Crippen molar-refractivity contribution < 1.29 is 0 Å². The minimum absolute atomic E-state index is 0.460. The van der Waals surface area contributed by atoms with Gasteiger partial charge in [0.25, 0.3) is 0 Å². The Morgan fingerprint density at radius 2 is 2.16 bits per heavy atom. The van der Waals surface area contributed by atoms with E-state index in [-0.39, 0.29) is 0 Å². The number of hydrogen-bond donors (Lipinski definition) is 1. The summed E-state index contributed by atoms with van der Waals surface area (Å²) in [6.45, 7) is 0.928. The average Bonchev–Trinajstić information content (AvgIpc) is 2.86. The summed E-state index contributed by atoms with van der Waals surface area (Å²) in [5, 5.41) is 3.65. The van der Waals surface area contributed by atoms with Crippen LogP contribution in [-0.2, 0) is 0 Å². The highest BCUT2D eigenvalue weighted by Gasteiger charge is 2.43. The van der Waals surface area contributed by atoms with E-state index in [9.17, 15) is 0 Å². The molecule has 1 aromatic rings. The third-order valence-electron chi connectivity index (χ3n) is 4.71. The standard InChI is InChI=1S/C15H20N4/c1-2-6-14-12(5-1)18-15-17-9-7-13(19(14)15)11-4-3-8-16-10-11/h3-4,8,10,12-14H,1-2,5-7,9H2,(H,17,18). The molecule has 0 aromatic carbocycles. The Bertz CT molecular complexity index is 484. The lowest BCUT2D eigenvalue weighted by atomic mass is 9.89. The summed E-state index contributed by atoms with van der Waals surface area (Å²) in [4.78, 5) is 11.5. The molecule has 4 nitrogen and oxygen atoms in total.